The number of hydrogen-bond donors (Lipinski definition) is 2. The number of halogens is 1. The van der Waals surface area contributed by atoms with Crippen molar-refractivity contribution in [2.24, 2.45) is 0 Å². The van der Waals surface area contributed by atoms with Crippen molar-refractivity contribution < 1.29 is 18.7 Å². The molecule has 4 rings (SSSR count). The van der Waals surface area contributed by atoms with Gasteiger partial charge in [0.15, 0.2) is 5.16 Å². The Labute approximate surface area is 183 Å². The quantitative estimate of drug-likeness (QED) is 0.543. The molecule has 1 aliphatic heterocycles. The highest BCUT2D eigenvalue weighted by molar-refractivity contribution is 7.98. The highest BCUT2D eigenvalue weighted by atomic mass is 32.2. The zero-order valence-electron chi connectivity index (χ0n) is 16.8. The minimum absolute atomic E-state index is 0.199. The molecule has 0 saturated carbocycles. The van der Waals surface area contributed by atoms with Gasteiger partial charge in [0.25, 0.3) is 0 Å². The number of ether oxygens (including phenoxy) is 1. The molecule has 2 N–H and O–H groups in total. The lowest BCUT2D eigenvalue weighted by Gasteiger charge is -2.14. The van der Waals surface area contributed by atoms with E-state index in [9.17, 15) is 14.0 Å². The van der Waals surface area contributed by atoms with E-state index in [4.69, 9.17) is 4.74 Å². The first-order valence-electron chi connectivity index (χ1n) is 9.73. The standard InChI is InChI=1S/C22H21FN4O3S/c1-14(28)26-11-18-12-27(22(29)30-18)17-6-7-19(20(23)10-17)16-4-2-15(3-5-16)13-31-21-24-8-9-25-21/h2-10,18H,11-13H2,1H3,(H,24,25)(H,26,28). The number of nitrogens with one attached hydrogen (secondary N) is 2. The van der Waals surface area contributed by atoms with Crippen molar-refractivity contribution in [3.63, 3.8) is 0 Å². The fraction of sp³-hybridized carbons (Fsp3) is 0.227. The van der Waals surface area contributed by atoms with Crippen LogP contribution in [0.4, 0.5) is 14.9 Å². The molecule has 7 nitrogen and oxygen atoms in total. The molecule has 31 heavy (non-hydrogen) atoms. The summed E-state index contributed by atoms with van der Waals surface area (Å²) in [5.74, 6) is 0.134. The van der Waals surface area contributed by atoms with E-state index in [-0.39, 0.29) is 19.0 Å². The Morgan fingerprint density at radius 1 is 1.32 bits per heavy atom. The van der Waals surface area contributed by atoms with Gasteiger partial charge in [-0.1, -0.05) is 36.0 Å². The molecule has 2 aromatic carbocycles. The lowest BCUT2D eigenvalue weighted by molar-refractivity contribution is -0.119. The van der Waals surface area contributed by atoms with Crippen molar-refractivity contribution in [1.82, 2.24) is 15.3 Å². The molecule has 2 heterocycles. The maximum Gasteiger partial charge on any atom is 0.414 e. The molecule has 1 aliphatic rings. The molecule has 1 atom stereocenters. The summed E-state index contributed by atoms with van der Waals surface area (Å²) in [6.45, 7) is 1.87. The number of benzene rings is 2. The van der Waals surface area contributed by atoms with Gasteiger partial charge in [0.1, 0.15) is 11.9 Å². The van der Waals surface area contributed by atoms with E-state index < -0.39 is 18.0 Å². The number of rotatable bonds is 7. The lowest BCUT2D eigenvalue weighted by atomic mass is 10.0. The normalized spacial score (nSPS) is 15.7. The summed E-state index contributed by atoms with van der Waals surface area (Å²) in [5.41, 5.74) is 2.73. The highest BCUT2D eigenvalue weighted by Gasteiger charge is 2.32. The zero-order valence-corrected chi connectivity index (χ0v) is 17.6. The van der Waals surface area contributed by atoms with Crippen molar-refractivity contribution in [2.45, 2.75) is 23.9 Å². The zero-order chi connectivity index (χ0) is 21.8. The summed E-state index contributed by atoms with van der Waals surface area (Å²) in [5, 5.41) is 3.47. The van der Waals surface area contributed by atoms with E-state index in [0.29, 0.717) is 11.3 Å². The molecule has 2 amide bonds. The van der Waals surface area contributed by atoms with Gasteiger partial charge in [-0.05, 0) is 29.3 Å². The third kappa shape index (κ3) is 5.05. The van der Waals surface area contributed by atoms with Gasteiger partial charge in [0, 0.05) is 30.6 Å². The van der Waals surface area contributed by atoms with E-state index in [1.807, 2.05) is 24.3 Å². The first-order valence-corrected chi connectivity index (χ1v) is 10.7. The van der Waals surface area contributed by atoms with Crippen molar-refractivity contribution in [1.29, 1.82) is 0 Å². The molecule has 1 fully saturated rings. The monoisotopic (exact) mass is 440 g/mol. The first-order chi connectivity index (χ1) is 15.0. The van der Waals surface area contributed by atoms with Crippen molar-refractivity contribution in [2.75, 3.05) is 18.0 Å². The van der Waals surface area contributed by atoms with Crippen LogP contribution in [0.15, 0.2) is 60.0 Å². The summed E-state index contributed by atoms with van der Waals surface area (Å²) >= 11 is 1.59. The van der Waals surface area contributed by atoms with Gasteiger partial charge in [0.2, 0.25) is 5.91 Å². The number of thioether (sulfide) groups is 1. The summed E-state index contributed by atoms with van der Waals surface area (Å²) in [6.07, 6.45) is 2.47. The van der Waals surface area contributed by atoms with E-state index >= 15 is 0 Å². The van der Waals surface area contributed by atoms with Crippen LogP contribution in [0.5, 0.6) is 0 Å². The van der Waals surface area contributed by atoms with Gasteiger partial charge in [-0.2, -0.15) is 0 Å². The van der Waals surface area contributed by atoms with Crippen LogP contribution in [0, 0.1) is 5.82 Å². The molecule has 1 saturated heterocycles. The Hall–Kier alpha value is -3.33. The topological polar surface area (TPSA) is 87.3 Å². The molecule has 3 aromatic rings. The van der Waals surface area contributed by atoms with Crippen LogP contribution in [0.1, 0.15) is 12.5 Å². The maximum absolute atomic E-state index is 14.8. The number of carbonyl (C=O) groups excluding carboxylic acids is 2. The van der Waals surface area contributed by atoms with Crippen LogP contribution in [-0.2, 0) is 15.3 Å². The third-order valence-electron chi connectivity index (χ3n) is 4.83. The number of hydrogen-bond acceptors (Lipinski definition) is 5. The van der Waals surface area contributed by atoms with Gasteiger partial charge in [0.05, 0.1) is 18.8 Å². The number of cyclic esters (lactones) is 1. The Morgan fingerprint density at radius 3 is 2.81 bits per heavy atom. The van der Waals surface area contributed by atoms with Gasteiger partial charge in [-0.15, -0.1) is 0 Å². The van der Waals surface area contributed by atoms with Gasteiger partial charge in [-0.25, -0.2) is 14.2 Å². The second kappa shape index (κ2) is 9.22. The Kier molecular flexibility index (Phi) is 6.22. The first kappa shape index (κ1) is 20.9. The van der Waals surface area contributed by atoms with Crippen LogP contribution >= 0.6 is 11.8 Å². The summed E-state index contributed by atoms with van der Waals surface area (Å²) in [7, 11) is 0. The lowest BCUT2D eigenvalue weighted by Crippen LogP contribution is -2.33. The number of anilines is 1. The van der Waals surface area contributed by atoms with Gasteiger partial charge in [-0.3, -0.25) is 9.69 Å². The average Bonchev–Trinajstić information content (AvgIpc) is 3.41. The average molecular weight is 441 g/mol. The highest BCUT2D eigenvalue weighted by Crippen LogP contribution is 2.30. The Balaban J connectivity index is 1.42. The molecular weight excluding hydrogens is 419 g/mol. The Bertz CT molecular complexity index is 1070. The van der Waals surface area contributed by atoms with E-state index in [1.54, 1.807) is 36.3 Å². The van der Waals surface area contributed by atoms with E-state index in [0.717, 1.165) is 22.0 Å². The van der Waals surface area contributed by atoms with E-state index in [1.165, 1.54) is 17.9 Å². The minimum Gasteiger partial charge on any atom is -0.442 e. The molecule has 160 valence electrons. The second-order valence-electron chi connectivity index (χ2n) is 7.10. The Morgan fingerprint density at radius 2 is 2.13 bits per heavy atom. The molecule has 0 spiro atoms. The van der Waals surface area contributed by atoms with Gasteiger partial charge < -0.3 is 15.0 Å². The number of nitrogens with zero attached hydrogens (tertiary/aromatic N) is 2. The number of amides is 2. The summed E-state index contributed by atoms with van der Waals surface area (Å²) < 4.78 is 20.1. The molecule has 9 heteroatoms. The van der Waals surface area contributed by atoms with Gasteiger partial charge >= 0.3 is 6.09 Å². The largest absolute Gasteiger partial charge is 0.442 e. The summed E-state index contributed by atoms with van der Waals surface area (Å²) in [6, 6.07) is 12.4. The smallest absolute Gasteiger partial charge is 0.414 e. The van der Waals surface area contributed by atoms with Crippen molar-refractivity contribution in [3.05, 3.63) is 66.2 Å². The van der Waals surface area contributed by atoms with Crippen molar-refractivity contribution in [3.8, 4) is 11.1 Å². The van der Waals surface area contributed by atoms with Crippen LogP contribution in [0.2, 0.25) is 0 Å². The number of carbonyl (C=O) groups is 2. The van der Waals surface area contributed by atoms with Crippen LogP contribution in [0.3, 0.4) is 0 Å². The molecule has 0 bridgehead atoms. The predicted molar refractivity (Wildman–Crippen MR) is 116 cm³/mol. The molecule has 1 aromatic heterocycles. The maximum atomic E-state index is 14.8. The second-order valence-corrected chi connectivity index (χ2v) is 8.06. The van der Waals surface area contributed by atoms with Crippen LogP contribution in [-0.4, -0.2) is 41.2 Å². The van der Waals surface area contributed by atoms with Crippen LogP contribution < -0.4 is 10.2 Å². The summed E-state index contributed by atoms with van der Waals surface area (Å²) in [4.78, 5) is 31.8. The fourth-order valence-corrected chi connectivity index (χ4v) is 4.05. The number of H-pyrrole nitrogens is 1. The molecule has 1 unspecified atom stereocenters. The molecule has 0 aliphatic carbocycles. The SMILES string of the molecule is CC(=O)NCC1CN(c2ccc(-c3ccc(CSc4ncc[nH]4)cc3)c(F)c2)C(=O)O1. The van der Waals surface area contributed by atoms with Crippen molar-refractivity contribution >= 4 is 29.4 Å². The predicted octanol–water partition coefficient (Wildman–Crippen LogP) is 3.97. The fourth-order valence-electron chi connectivity index (χ4n) is 3.26. The van der Waals surface area contributed by atoms with E-state index in [2.05, 4.69) is 15.3 Å². The number of aromatic amines is 1. The molecule has 0 radical (unpaired) electrons. The van der Waals surface area contributed by atoms with Crippen LogP contribution in [0.25, 0.3) is 11.1 Å². The third-order valence-corrected chi connectivity index (χ3v) is 5.81. The number of imidazole rings is 1. The minimum atomic E-state index is -0.555. The number of aromatic nitrogens is 2. The molecular formula is C22H21FN4O3S.